The fourth-order valence-corrected chi connectivity index (χ4v) is 2.71. The van der Waals surface area contributed by atoms with Crippen molar-refractivity contribution in [3.63, 3.8) is 0 Å². The number of benzene rings is 2. The van der Waals surface area contributed by atoms with Crippen LogP contribution in [-0.4, -0.2) is 5.78 Å². The van der Waals surface area contributed by atoms with E-state index in [4.69, 9.17) is 0 Å². The lowest BCUT2D eigenvalue weighted by Gasteiger charge is -2.22. The summed E-state index contributed by atoms with van der Waals surface area (Å²) in [7, 11) is 0. The minimum Gasteiger partial charge on any atom is -0.294 e. The molecule has 0 aromatic heterocycles. The van der Waals surface area contributed by atoms with Crippen LogP contribution in [0.15, 0.2) is 46.9 Å². The standard InChI is InChI=1S/C18H18BrFO/c1-18(2,3)15-7-5-4-6-14(15)17(21)11-12-10-13(20)8-9-16(12)19/h4-10H,11H2,1-3H3. The first-order valence-electron chi connectivity index (χ1n) is 6.85. The maximum absolute atomic E-state index is 13.3. The Morgan fingerprint density at radius 2 is 1.81 bits per heavy atom. The first-order chi connectivity index (χ1) is 9.79. The van der Waals surface area contributed by atoms with Gasteiger partial charge in [0.25, 0.3) is 0 Å². The van der Waals surface area contributed by atoms with E-state index in [1.165, 1.54) is 12.1 Å². The number of carbonyl (C=O) groups is 1. The fourth-order valence-electron chi connectivity index (χ4n) is 2.33. The zero-order chi connectivity index (χ0) is 15.6. The van der Waals surface area contributed by atoms with Gasteiger partial charge in [0.15, 0.2) is 5.78 Å². The quantitative estimate of drug-likeness (QED) is 0.686. The summed E-state index contributed by atoms with van der Waals surface area (Å²) >= 11 is 3.37. The molecular weight excluding hydrogens is 331 g/mol. The third-order valence-corrected chi connectivity index (χ3v) is 4.17. The summed E-state index contributed by atoms with van der Waals surface area (Å²) in [6.07, 6.45) is 0.186. The second-order valence-corrected chi connectivity index (χ2v) is 6.99. The predicted octanol–water partition coefficient (Wildman–Crippen LogP) is 5.31. The highest BCUT2D eigenvalue weighted by Crippen LogP contribution is 2.27. The third-order valence-electron chi connectivity index (χ3n) is 3.39. The minimum absolute atomic E-state index is 0.00632. The van der Waals surface area contributed by atoms with Crippen molar-refractivity contribution >= 4 is 21.7 Å². The van der Waals surface area contributed by atoms with Gasteiger partial charge in [-0.2, -0.15) is 0 Å². The molecule has 0 N–H and O–H groups in total. The number of hydrogen-bond acceptors (Lipinski definition) is 1. The van der Waals surface area contributed by atoms with Gasteiger partial charge in [-0.25, -0.2) is 4.39 Å². The van der Waals surface area contributed by atoms with E-state index >= 15 is 0 Å². The number of rotatable bonds is 3. The van der Waals surface area contributed by atoms with E-state index in [0.717, 1.165) is 10.0 Å². The van der Waals surface area contributed by atoms with Crippen LogP contribution >= 0.6 is 15.9 Å². The van der Waals surface area contributed by atoms with Gasteiger partial charge in [0, 0.05) is 16.5 Å². The summed E-state index contributed by atoms with van der Waals surface area (Å²) in [4.78, 5) is 12.6. The number of Topliss-reactive ketones (excluding diaryl/α,β-unsaturated/α-hetero) is 1. The van der Waals surface area contributed by atoms with Gasteiger partial charge in [-0.3, -0.25) is 4.79 Å². The van der Waals surface area contributed by atoms with Gasteiger partial charge < -0.3 is 0 Å². The molecule has 0 aliphatic heterocycles. The normalized spacial score (nSPS) is 11.5. The van der Waals surface area contributed by atoms with Crippen molar-refractivity contribution in [1.82, 2.24) is 0 Å². The van der Waals surface area contributed by atoms with Crippen molar-refractivity contribution in [1.29, 1.82) is 0 Å². The Labute approximate surface area is 133 Å². The zero-order valence-electron chi connectivity index (χ0n) is 12.4. The summed E-state index contributed by atoms with van der Waals surface area (Å²) < 4.78 is 14.1. The molecular formula is C18H18BrFO. The minimum atomic E-state index is -0.329. The monoisotopic (exact) mass is 348 g/mol. The summed E-state index contributed by atoms with van der Waals surface area (Å²) in [5, 5.41) is 0. The molecule has 1 nitrogen and oxygen atoms in total. The maximum Gasteiger partial charge on any atom is 0.167 e. The van der Waals surface area contributed by atoms with E-state index in [1.54, 1.807) is 6.07 Å². The number of hydrogen-bond donors (Lipinski definition) is 0. The highest BCUT2D eigenvalue weighted by molar-refractivity contribution is 9.10. The second kappa shape index (κ2) is 6.10. The third kappa shape index (κ3) is 3.79. The molecule has 0 unspecified atom stereocenters. The molecule has 0 aliphatic carbocycles. The molecule has 0 saturated carbocycles. The van der Waals surface area contributed by atoms with Gasteiger partial charge in [0.05, 0.1) is 0 Å². The Bertz CT molecular complexity index is 671. The van der Waals surface area contributed by atoms with Crippen molar-refractivity contribution in [2.24, 2.45) is 0 Å². The van der Waals surface area contributed by atoms with E-state index in [0.29, 0.717) is 11.1 Å². The molecule has 0 aliphatic rings. The van der Waals surface area contributed by atoms with Gasteiger partial charge in [-0.15, -0.1) is 0 Å². The van der Waals surface area contributed by atoms with E-state index in [-0.39, 0.29) is 23.4 Å². The molecule has 110 valence electrons. The van der Waals surface area contributed by atoms with E-state index in [1.807, 2.05) is 24.3 Å². The van der Waals surface area contributed by atoms with Crippen molar-refractivity contribution in [2.75, 3.05) is 0 Å². The molecule has 0 heterocycles. The van der Waals surface area contributed by atoms with Crippen molar-refractivity contribution in [3.8, 4) is 0 Å². The smallest absolute Gasteiger partial charge is 0.167 e. The van der Waals surface area contributed by atoms with Crippen LogP contribution in [0.3, 0.4) is 0 Å². The topological polar surface area (TPSA) is 17.1 Å². The van der Waals surface area contributed by atoms with Crippen LogP contribution in [0.2, 0.25) is 0 Å². The molecule has 0 fully saturated rings. The predicted molar refractivity (Wildman–Crippen MR) is 87.3 cm³/mol. The van der Waals surface area contributed by atoms with Crippen LogP contribution in [0.4, 0.5) is 4.39 Å². The average molecular weight is 349 g/mol. The second-order valence-electron chi connectivity index (χ2n) is 6.13. The number of ketones is 1. The zero-order valence-corrected chi connectivity index (χ0v) is 14.0. The van der Waals surface area contributed by atoms with Crippen LogP contribution in [0.5, 0.6) is 0 Å². The van der Waals surface area contributed by atoms with E-state index in [2.05, 4.69) is 36.7 Å². The van der Waals surface area contributed by atoms with Crippen LogP contribution in [0, 0.1) is 5.82 Å². The molecule has 0 saturated heterocycles. The van der Waals surface area contributed by atoms with Crippen LogP contribution < -0.4 is 0 Å². The molecule has 0 amide bonds. The highest BCUT2D eigenvalue weighted by Gasteiger charge is 2.21. The lowest BCUT2D eigenvalue weighted by atomic mass is 9.82. The fraction of sp³-hybridized carbons (Fsp3) is 0.278. The average Bonchev–Trinajstić information content (AvgIpc) is 2.42. The van der Waals surface area contributed by atoms with Gasteiger partial charge in [0.1, 0.15) is 5.82 Å². The largest absolute Gasteiger partial charge is 0.294 e. The molecule has 0 radical (unpaired) electrons. The molecule has 0 spiro atoms. The first kappa shape index (κ1) is 15.9. The van der Waals surface area contributed by atoms with Crippen LogP contribution in [0.25, 0.3) is 0 Å². The Balaban J connectivity index is 2.36. The highest BCUT2D eigenvalue weighted by atomic mass is 79.9. The van der Waals surface area contributed by atoms with Gasteiger partial charge in [-0.05, 0) is 34.7 Å². The SMILES string of the molecule is CC(C)(C)c1ccccc1C(=O)Cc1cc(F)ccc1Br. The van der Waals surface area contributed by atoms with Crippen molar-refractivity contribution in [3.05, 3.63) is 69.4 Å². The number of halogens is 2. The van der Waals surface area contributed by atoms with Crippen molar-refractivity contribution < 1.29 is 9.18 Å². The first-order valence-corrected chi connectivity index (χ1v) is 7.65. The summed E-state index contributed by atoms with van der Waals surface area (Å²) in [6.45, 7) is 6.24. The van der Waals surface area contributed by atoms with E-state index in [9.17, 15) is 9.18 Å². The lowest BCUT2D eigenvalue weighted by Crippen LogP contribution is -2.18. The van der Waals surface area contributed by atoms with Gasteiger partial charge >= 0.3 is 0 Å². The lowest BCUT2D eigenvalue weighted by molar-refractivity contribution is 0.0990. The molecule has 3 heteroatoms. The Morgan fingerprint density at radius 1 is 1.14 bits per heavy atom. The van der Waals surface area contributed by atoms with Gasteiger partial charge in [-0.1, -0.05) is 61.0 Å². The maximum atomic E-state index is 13.3. The van der Waals surface area contributed by atoms with Crippen molar-refractivity contribution in [2.45, 2.75) is 32.6 Å². The molecule has 21 heavy (non-hydrogen) atoms. The molecule has 0 bridgehead atoms. The molecule has 2 aromatic rings. The molecule has 0 atom stereocenters. The Hall–Kier alpha value is -1.48. The van der Waals surface area contributed by atoms with Crippen LogP contribution in [-0.2, 0) is 11.8 Å². The summed E-state index contributed by atoms with van der Waals surface area (Å²) in [5.74, 6) is -0.322. The molecule has 2 rings (SSSR count). The summed E-state index contributed by atoms with van der Waals surface area (Å²) in [5.41, 5.74) is 2.29. The van der Waals surface area contributed by atoms with E-state index < -0.39 is 0 Å². The Kier molecular flexibility index (Phi) is 4.62. The van der Waals surface area contributed by atoms with Crippen LogP contribution in [0.1, 0.15) is 42.3 Å². The summed E-state index contributed by atoms with van der Waals surface area (Å²) in [6, 6.07) is 12.0. The van der Waals surface area contributed by atoms with Gasteiger partial charge in [0.2, 0.25) is 0 Å². The number of carbonyl (C=O) groups excluding carboxylic acids is 1. The molecule has 2 aromatic carbocycles. The Morgan fingerprint density at radius 3 is 2.48 bits per heavy atom.